The van der Waals surface area contributed by atoms with Gasteiger partial charge in [0.05, 0.1) is 13.6 Å². The van der Waals surface area contributed by atoms with Crippen LogP contribution in [0, 0.1) is 13.8 Å². The van der Waals surface area contributed by atoms with Crippen LogP contribution < -0.4 is 20.9 Å². The number of aryl methyl sites for hydroxylation is 3. The first-order chi connectivity index (χ1) is 14.7. The fraction of sp³-hybridized carbons (Fsp3) is 0.375. The SMILES string of the molecule is CCc1ccccc1NC(=O)C[NH+](C)[C@@H](C)C(=O)NCC(=O)Nc1c(C)cccc1C. The lowest BCUT2D eigenvalue weighted by Gasteiger charge is -2.21. The minimum Gasteiger partial charge on any atom is -0.342 e. The average molecular weight is 426 g/mol. The number of amides is 3. The van der Waals surface area contributed by atoms with Crippen molar-refractivity contribution in [2.45, 2.75) is 40.2 Å². The monoisotopic (exact) mass is 425 g/mol. The lowest BCUT2D eigenvalue weighted by molar-refractivity contribution is -0.885. The van der Waals surface area contributed by atoms with Gasteiger partial charge in [0.1, 0.15) is 0 Å². The number of anilines is 2. The molecule has 0 aliphatic rings. The molecule has 2 atom stereocenters. The number of rotatable bonds is 9. The fourth-order valence-corrected chi connectivity index (χ4v) is 3.29. The Morgan fingerprint density at radius 1 is 0.935 bits per heavy atom. The van der Waals surface area contributed by atoms with Crippen LogP contribution in [0.25, 0.3) is 0 Å². The number of carbonyl (C=O) groups is 3. The average Bonchev–Trinajstić information content (AvgIpc) is 2.74. The van der Waals surface area contributed by atoms with Crippen molar-refractivity contribution >= 4 is 29.1 Å². The maximum atomic E-state index is 12.5. The number of likely N-dealkylation sites (N-methyl/N-ethyl adjacent to an activating group) is 1. The Bertz CT molecular complexity index is 922. The summed E-state index contributed by atoms with van der Waals surface area (Å²) in [6.07, 6.45) is 0.821. The largest absolute Gasteiger partial charge is 0.342 e. The predicted octanol–water partition coefficient (Wildman–Crippen LogP) is 1.46. The van der Waals surface area contributed by atoms with E-state index in [2.05, 4.69) is 16.0 Å². The molecule has 0 aliphatic heterocycles. The van der Waals surface area contributed by atoms with Crippen molar-refractivity contribution in [2.24, 2.45) is 0 Å². The zero-order chi connectivity index (χ0) is 23.0. The van der Waals surface area contributed by atoms with Gasteiger partial charge in [-0.1, -0.05) is 43.3 Å². The number of carbonyl (C=O) groups excluding carboxylic acids is 3. The van der Waals surface area contributed by atoms with Gasteiger partial charge in [0.2, 0.25) is 5.91 Å². The third-order valence-corrected chi connectivity index (χ3v) is 5.41. The first-order valence-electron chi connectivity index (χ1n) is 10.6. The molecule has 31 heavy (non-hydrogen) atoms. The minimum atomic E-state index is -0.486. The summed E-state index contributed by atoms with van der Waals surface area (Å²) in [5.74, 6) is -0.730. The quantitative estimate of drug-likeness (QED) is 0.490. The molecule has 0 spiro atoms. The second-order valence-corrected chi connectivity index (χ2v) is 7.84. The molecular weight excluding hydrogens is 392 g/mol. The van der Waals surface area contributed by atoms with Crippen molar-refractivity contribution in [3.05, 3.63) is 59.2 Å². The zero-order valence-electron chi connectivity index (χ0n) is 19.0. The number of quaternary nitrogens is 1. The van der Waals surface area contributed by atoms with Crippen molar-refractivity contribution in [1.29, 1.82) is 0 Å². The smallest absolute Gasteiger partial charge is 0.279 e. The predicted molar refractivity (Wildman–Crippen MR) is 123 cm³/mol. The highest BCUT2D eigenvalue weighted by atomic mass is 16.2. The molecule has 0 saturated carbocycles. The number of nitrogens with one attached hydrogen (secondary N) is 4. The van der Waals surface area contributed by atoms with Crippen LogP contribution in [0.15, 0.2) is 42.5 Å². The Kier molecular flexibility index (Phi) is 8.75. The highest BCUT2D eigenvalue weighted by molar-refractivity contribution is 5.96. The molecule has 1 unspecified atom stereocenters. The molecule has 2 rings (SSSR count). The van der Waals surface area contributed by atoms with E-state index in [-0.39, 0.29) is 30.8 Å². The normalized spacial score (nSPS) is 12.5. The van der Waals surface area contributed by atoms with Crippen LogP contribution in [-0.2, 0) is 20.8 Å². The van der Waals surface area contributed by atoms with Gasteiger partial charge >= 0.3 is 0 Å². The second-order valence-electron chi connectivity index (χ2n) is 7.84. The lowest BCUT2D eigenvalue weighted by Crippen LogP contribution is -3.15. The molecule has 0 bridgehead atoms. The molecule has 7 heteroatoms. The van der Waals surface area contributed by atoms with Gasteiger partial charge in [-0.2, -0.15) is 0 Å². The summed E-state index contributed by atoms with van der Waals surface area (Å²) in [6, 6.07) is 13.0. The molecule has 0 saturated heterocycles. The maximum absolute atomic E-state index is 12.5. The first kappa shape index (κ1) is 24.1. The highest BCUT2D eigenvalue weighted by Crippen LogP contribution is 2.19. The van der Waals surface area contributed by atoms with Gasteiger partial charge < -0.3 is 20.9 Å². The zero-order valence-corrected chi connectivity index (χ0v) is 19.0. The fourth-order valence-electron chi connectivity index (χ4n) is 3.29. The lowest BCUT2D eigenvalue weighted by atomic mass is 10.1. The van der Waals surface area contributed by atoms with Crippen molar-refractivity contribution in [2.75, 3.05) is 30.8 Å². The Hall–Kier alpha value is -3.19. The van der Waals surface area contributed by atoms with E-state index < -0.39 is 6.04 Å². The summed E-state index contributed by atoms with van der Waals surface area (Å²) in [5.41, 5.74) is 4.56. The van der Waals surface area contributed by atoms with Gasteiger partial charge in [-0.3, -0.25) is 14.4 Å². The van der Waals surface area contributed by atoms with Gasteiger partial charge in [0, 0.05) is 11.4 Å². The second kappa shape index (κ2) is 11.3. The molecule has 0 aliphatic carbocycles. The van der Waals surface area contributed by atoms with E-state index >= 15 is 0 Å². The third kappa shape index (κ3) is 6.93. The van der Waals surface area contributed by atoms with Crippen LogP contribution in [0.1, 0.15) is 30.5 Å². The van der Waals surface area contributed by atoms with E-state index in [9.17, 15) is 14.4 Å². The molecule has 7 nitrogen and oxygen atoms in total. The van der Waals surface area contributed by atoms with Crippen LogP contribution in [0.3, 0.4) is 0 Å². The molecule has 166 valence electrons. The van der Waals surface area contributed by atoms with E-state index in [1.165, 1.54) is 0 Å². The van der Waals surface area contributed by atoms with Crippen LogP contribution >= 0.6 is 0 Å². The van der Waals surface area contributed by atoms with Crippen molar-refractivity contribution in [3.8, 4) is 0 Å². The Morgan fingerprint density at radius 3 is 2.23 bits per heavy atom. The molecule has 2 aromatic carbocycles. The van der Waals surface area contributed by atoms with Crippen molar-refractivity contribution in [1.82, 2.24) is 5.32 Å². The molecule has 3 amide bonds. The number of para-hydroxylation sites is 2. The van der Waals surface area contributed by atoms with E-state index in [0.717, 1.165) is 39.4 Å². The van der Waals surface area contributed by atoms with E-state index in [4.69, 9.17) is 0 Å². The van der Waals surface area contributed by atoms with E-state index in [1.54, 1.807) is 14.0 Å². The topological polar surface area (TPSA) is 91.7 Å². The van der Waals surface area contributed by atoms with Crippen LogP contribution in [-0.4, -0.2) is 43.9 Å². The van der Waals surface area contributed by atoms with E-state index in [1.807, 2.05) is 63.2 Å². The highest BCUT2D eigenvalue weighted by Gasteiger charge is 2.24. The molecule has 0 fully saturated rings. The molecular formula is C24H33N4O3+. The van der Waals surface area contributed by atoms with Gasteiger partial charge in [0.15, 0.2) is 12.6 Å². The van der Waals surface area contributed by atoms with Gasteiger partial charge in [-0.05, 0) is 49.9 Å². The Balaban J connectivity index is 1.83. The number of hydrogen-bond acceptors (Lipinski definition) is 3. The van der Waals surface area contributed by atoms with Crippen LogP contribution in [0.5, 0.6) is 0 Å². The Morgan fingerprint density at radius 2 is 1.58 bits per heavy atom. The summed E-state index contributed by atoms with van der Waals surface area (Å²) >= 11 is 0. The van der Waals surface area contributed by atoms with Crippen molar-refractivity contribution in [3.63, 3.8) is 0 Å². The molecule has 2 aromatic rings. The summed E-state index contributed by atoms with van der Waals surface area (Å²) < 4.78 is 0. The van der Waals surface area contributed by atoms with E-state index in [0.29, 0.717) is 0 Å². The summed E-state index contributed by atoms with van der Waals surface area (Å²) in [4.78, 5) is 37.9. The molecule has 0 radical (unpaired) electrons. The summed E-state index contributed by atoms with van der Waals surface area (Å²) in [7, 11) is 1.78. The number of benzene rings is 2. The Labute approximate surface area is 184 Å². The van der Waals surface area contributed by atoms with Gasteiger partial charge in [-0.25, -0.2) is 0 Å². The third-order valence-electron chi connectivity index (χ3n) is 5.41. The molecule has 0 heterocycles. The molecule has 4 N–H and O–H groups in total. The first-order valence-corrected chi connectivity index (χ1v) is 10.6. The van der Waals surface area contributed by atoms with Crippen LogP contribution in [0.4, 0.5) is 11.4 Å². The van der Waals surface area contributed by atoms with Gasteiger partial charge in [-0.15, -0.1) is 0 Å². The summed E-state index contributed by atoms with van der Waals surface area (Å²) in [6.45, 7) is 7.63. The standard InChI is InChI=1S/C24H32N4O3/c1-6-19-12-7-8-13-20(19)26-22(30)15-28(5)18(4)24(31)25-14-21(29)27-23-16(2)10-9-11-17(23)3/h7-13,18H,6,14-15H2,1-5H3,(H,25,31)(H,26,30)(H,27,29)/p+1/t18-/m0/s1. The number of hydrogen-bond donors (Lipinski definition) is 4. The van der Waals surface area contributed by atoms with Crippen LogP contribution in [0.2, 0.25) is 0 Å². The molecule has 0 aromatic heterocycles. The van der Waals surface area contributed by atoms with Gasteiger partial charge in [0.25, 0.3) is 11.8 Å². The summed E-state index contributed by atoms with van der Waals surface area (Å²) in [5, 5.41) is 8.43. The minimum absolute atomic E-state index is 0.125. The van der Waals surface area contributed by atoms with Crippen molar-refractivity contribution < 1.29 is 19.3 Å². The maximum Gasteiger partial charge on any atom is 0.279 e.